The molecule has 106 valence electrons. The van der Waals surface area contributed by atoms with E-state index in [-0.39, 0.29) is 0 Å². The van der Waals surface area contributed by atoms with Crippen molar-refractivity contribution in [2.75, 3.05) is 56.6 Å². The highest BCUT2D eigenvalue weighted by Gasteiger charge is 2.17. The summed E-state index contributed by atoms with van der Waals surface area (Å²) in [4.78, 5) is 4.84. The summed E-state index contributed by atoms with van der Waals surface area (Å²) in [5.74, 6) is 0. The molecule has 1 aliphatic rings. The minimum Gasteiger partial charge on any atom is -0.397 e. The number of hydrogen-bond acceptors (Lipinski definition) is 4. The number of nitrogen functional groups attached to an aromatic ring is 1. The van der Waals surface area contributed by atoms with Gasteiger partial charge in [0.15, 0.2) is 0 Å². The highest BCUT2D eigenvalue weighted by molar-refractivity contribution is 5.67. The number of anilines is 2. The molecule has 0 saturated carbocycles. The Morgan fingerprint density at radius 1 is 1.11 bits per heavy atom. The van der Waals surface area contributed by atoms with Crippen LogP contribution in [0.15, 0.2) is 24.3 Å². The fourth-order valence-electron chi connectivity index (χ4n) is 2.43. The van der Waals surface area contributed by atoms with Crippen LogP contribution in [0.3, 0.4) is 0 Å². The van der Waals surface area contributed by atoms with Crippen molar-refractivity contribution in [3.8, 4) is 0 Å². The molecule has 1 fully saturated rings. The number of para-hydroxylation sites is 2. The van der Waals surface area contributed by atoms with Gasteiger partial charge in [-0.05, 0) is 18.6 Å². The van der Waals surface area contributed by atoms with Crippen LogP contribution in [0.2, 0.25) is 0 Å². The van der Waals surface area contributed by atoms with Crippen molar-refractivity contribution < 1.29 is 4.74 Å². The van der Waals surface area contributed by atoms with Crippen LogP contribution in [0, 0.1) is 0 Å². The lowest BCUT2D eigenvalue weighted by Crippen LogP contribution is -2.47. The predicted octanol–water partition coefficient (Wildman–Crippen LogP) is 1.82. The van der Waals surface area contributed by atoms with Gasteiger partial charge in [-0.15, -0.1) is 0 Å². The Labute approximate surface area is 116 Å². The van der Waals surface area contributed by atoms with Crippen molar-refractivity contribution in [1.82, 2.24) is 4.90 Å². The molecule has 0 unspecified atom stereocenters. The molecule has 4 heteroatoms. The second kappa shape index (κ2) is 7.36. The Balaban J connectivity index is 1.75. The van der Waals surface area contributed by atoms with Gasteiger partial charge in [0.25, 0.3) is 0 Å². The maximum atomic E-state index is 6.02. The molecule has 0 atom stereocenters. The predicted molar refractivity (Wildman–Crippen MR) is 80.6 cm³/mol. The van der Waals surface area contributed by atoms with E-state index in [2.05, 4.69) is 28.9 Å². The normalized spacial score (nSPS) is 16.8. The fourth-order valence-corrected chi connectivity index (χ4v) is 2.43. The molecule has 0 aliphatic carbocycles. The van der Waals surface area contributed by atoms with Crippen LogP contribution >= 0.6 is 0 Å². The molecule has 0 amide bonds. The third-order valence-corrected chi connectivity index (χ3v) is 3.55. The smallest absolute Gasteiger partial charge is 0.0600 e. The van der Waals surface area contributed by atoms with Gasteiger partial charge in [-0.3, -0.25) is 4.90 Å². The number of piperazine rings is 1. The molecule has 0 spiro atoms. The van der Waals surface area contributed by atoms with E-state index in [0.29, 0.717) is 0 Å². The van der Waals surface area contributed by atoms with Crippen LogP contribution in [0.4, 0.5) is 11.4 Å². The van der Waals surface area contributed by atoms with E-state index in [4.69, 9.17) is 10.5 Å². The summed E-state index contributed by atoms with van der Waals surface area (Å²) in [5, 5.41) is 0. The fraction of sp³-hybridized carbons (Fsp3) is 0.600. The first-order valence-corrected chi connectivity index (χ1v) is 7.21. The molecule has 1 saturated heterocycles. The van der Waals surface area contributed by atoms with E-state index in [9.17, 15) is 0 Å². The number of ether oxygens (including phenoxy) is 1. The molecule has 4 nitrogen and oxygen atoms in total. The lowest BCUT2D eigenvalue weighted by molar-refractivity contribution is 0.102. The monoisotopic (exact) mass is 263 g/mol. The van der Waals surface area contributed by atoms with Crippen LogP contribution in [0.25, 0.3) is 0 Å². The Morgan fingerprint density at radius 3 is 2.53 bits per heavy atom. The Bertz CT molecular complexity index is 375. The van der Waals surface area contributed by atoms with E-state index in [0.717, 1.165) is 58.0 Å². The topological polar surface area (TPSA) is 41.7 Å². The summed E-state index contributed by atoms with van der Waals surface area (Å²) in [6.45, 7) is 9.17. The summed E-state index contributed by atoms with van der Waals surface area (Å²) in [7, 11) is 0. The maximum Gasteiger partial charge on any atom is 0.0600 e. The van der Waals surface area contributed by atoms with Gasteiger partial charge in [-0.2, -0.15) is 0 Å². The summed E-state index contributed by atoms with van der Waals surface area (Å²) in [6.07, 6.45) is 1.10. The van der Waals surface area contributed by atoms with Gasteiger partial charge in [0.1, 0.15) is 0 Å². The van der Waals surface area contributed by atoms with Crippen molar-refractivity contribution in [3.63, 3.8) is 0 Å². The van der Waals surface area contributed by atoms with Crippen LogP contribution in [-0.2, 0) is 4.74 Å². The number of hydrogen-bond donors (Lipinski definition) is 1. The molecule has 1 heterocycles. The van der Waals surface area contributed by atoms with Gasteiger partial charge in [-0.25, -0.2) is 0 Å². The van der Waals surface area contributed by atoms with E-state index in [1.165, 1.54) is 5.69 Å². The minimum atomic E-state index is 0.849. The highest BCUT2D eigenvalue weighted by atomic mass is 16.5. The van der Waals surface area contributed by atoms with Crippen molar-refractivity contribution in [1.29, 1.82) is 0 Å². The summed E-state index contributed by atoms with van der Waals surface area (Å²) in [5.41, 5.74) is 8.07. The third kappa shape index (κ3) is 4.11. The number of nitrogens with zero attached hydrogens (tertiary/aromatic N) is 2. The molecular weight excluding hydrogens is 238 g/mol. The standard InChI is InChI=1S/C15H25N3O/c1-2-12-19-13-11-17-7-9-18(10-8-17)15-6-4-3-5-14(15)16/h3-6H,2,7-13,16H2,1H3. The van der Waals surface area contributed by atoms with E-state index in [1.807, 2.05) is 12.1 Å². The molecule has 1 aromatic carbocycles. The van der Waals surface area contributed by atoms with Gasteiger partial charge in [0, 0.05) is 39.3 Å². The molecular formula is C15H25N3O. The molecule has 0 radical (unpaired) electrons. The van der Waals surface area contributed by atoms with Crippen LogP contribution in [0.5, 0.6) is 0 Å². The first kappa shape index (κ1) is 14.2. The zero-order valence-corrected chi connectivity index (χ0v) is 11.8. The van der Waals surface area contributed by atoms with E-state index in [1.54, 1.807) is 0 Å². The molecule has 0 bridgehead atoms. The molecule has 0 aromatic heterocycles. The second-order valence-corrected chi connectivity index (χ2v) is 5.00. The zero-order chi connectivity index (χ0) is 13.5. The molecule has 1 aromatic rings. The number of rotatable bonds is 6. The highest BCUT2D eigenvalue weighted by Crippen LogP contribution is 2.23. The number of benzene rings is 1. The largest absolute Gasteiger partial charge is 0.397 e. The van der Waals surface area contributed by atoms with Crippen LogP contribution in [0.1, 0.15) is 13.3 Å². The summed E-state index contributed by atoms with van der Waals surface area (Å²) >= 11 is 0. The lowest BCUT2D eigenvalue weighted by atomic mass is 10.2. The molecule has 19 heavy (non-hydrogen) atoms. The van der Waals surface area contributed by atoms with Crippen molar-refractivity contribution in [2.45, 2.75) is 13.3 Å². The van der Waals surface area contributed by atoms with Gasteiger partial charge in [0.2, 0.25) is 0 Å². The molecule has 2 rings (SSSR count). The van der Waals surface area contributed by atoms with Crippen LogP contribution in [-0.4, -0.2) is 50.8 Å². The first-order chi connectivity index (χ1) is 9.31. The van der Waals surface area contributed by atoms with E-state index < -0.39 is 0 Å². The van der Waals surface area contributed by atoms with Crippen LogP contribution < -0.4 is 10.6 Å². The van der Waals surface area contributed by atoms with E-state index >= 15 is 0 Å². The Morgan fingerprint density at radius 2 is 1.84 bits per heavy atom. The zero-order valence-electron chi connectivity index (χ0n) is 11.8. The SMILES string of the molecule is CCCOCCN1CCN(c2ccccc2N)CC1. The van der Waals surface area contributed by atoms with Crippen molar-refractivity contribution >= 4 is 11.4 Å². The lowest BCUT2D eigenvalue weighted by Gasteiger charge is -2.36. The summed E-state index contributed by atoms with van der Waals surface area (Å²) < 4.78 is 5.54. The molecule has 2 N–H and O–H groups in total. The van der Waals surface area contributed by atoms with Gasteiger partial charge in [-0.1, -0.05) is 19.1 Å². The van der Waals surface area contributed by atoms with Crippen molar-refractivity contribution in [3.05, 3.63) is 24.3 Å². The average molecular weight is 263 g/mol. The maximum absolute atomic E-state index is 6.02. The van der Waals surface area contributed by atoms with Crippen molar-refractivity contribution in [2.24, 2.45) is 0 Å². The minimum absolute atomic E-state index is 0.849. The molecule has 1 aliphatic heterocycles. The quantitative estimate of drug-likeness (QED) is 0.628. The second-order valence-electron chi connectivity index (χ2n) is 5.00. The van der Waals surface area contributed by atoms with Gasteiger partial charge < -0.3 is 15.4 Å². The van der Waals surface area contributed by atoms with Gasteiger partial charge >= 0.3 is 0 Å². The summed E-state index contributed by atoms with van der Waals surface area (Å²) in [6, 6.07) is 8.12. The van der Waals surface area contributed by atoms with Gasteiger partial charge in [0.05, 0.1) is 18.0 Å². The Kier molecular flexibility index (Phi) is 5.48. The first-order valence-electron chi connectivity index (χ1n) is 7.21. The average Bonchev–Trinajstić information content (AvgIpc) is 2.45. The Hall–Kier alpha value is -1.26. The number of nitrogens with two attached hydrogens (primary N) is 1. The third-order valence-electron chi connectivity index (χ3n) is 3.55.